The second-order valence-corrected chi connectivity index (χ2v) is 5.93. The van der Waals surface area contributed by atoms with Crippen molar-refractivity contribution in [2.24, 2.45) is 0 Å². The van der Waals surface area contributed by atoms with Gasteiger partial charge in [-0.1, -0.05) is 12.1 Å². The standard InChI is InChI=1S/C14H10F2N2O2S/c15-13-5-2-6-14(16)12(13)9-18-21(19,20)11-4-1-3-10(7-11)8-17/h1-7,18H,9H2. The van der Waals surface area contributed by atoms with Crippen molar-refractivity contribution < 1.29 is 17.2 Å². The summed E-state index contributed by atoms with van der Waals surface area (Å²) in [6.07, 6.45) is 0. The summed E-state index contributed by atoms with van der Waals surface area (Å²) in [6, 6.07) is 10.4. The monoisotopic (exact) mass is 308 g/mol. The number of nitrogens with one attached hydrogen (secondary N) is 1. The lowest BCUT2D eigenvalue weighted by Gasteiger charge is -2.08. The van der Waals surface area contributed by atoms with Crippen LogP contribution in [0.2, 0.25) is 0 Å². The number of benzene rings is 2. The first-order valence-electron chi connectivity index (χ1n) is 5.87. The fraction of sp³-hybridized carbons (Fsp3) is 0.0714. The van der Waals surface area contributed by atoms with E-state index in [2.05, 4.69) is 4.72 Å². The molecule has 0 saturated carbocycles. The van der Waals surface area contributed by atoms with Gasteiger partial charge in [-0.15, -0.1) is 0 Å². The first kappa shape index (κ1) is 15.1. The van der Waals surface area contributed by atoms with E-state index >= 15 is 0 Å². The van der Waals surface area contributed by atoms with Gasteiger partial charge in [0, 0.05) is 12.1 Å². The maximum atomic E-state index is 13.4. The first-order chi connectivity index (χ1) is 9.94. The molecule has 0 aliphatic carbocycles. The number of halogens is 2. The van der Waals surface area contributed by atoms with Crippen LogP contribution >= 0.6 is 0 Å². The van der Waals surface area contributed by atoms with Gasteiger partial charge in [0.05, 0.1) is 16.5 Å². The van der Waals surface area contributed by atoms with Crippen LogP contribution in [0.5, 0.6) is 0 Å². The summed E-state index contributed by atoms with van der Waals surface area (Å²) < 4.78 is 53.0. The Bertz CT molecular complexity index is 794. The van der Waals surface area contributed by atoms with Crippen LogP contribution in [0, 0.1) is 23.0 Å². The fourth-order valence-electron chi connectivity index (χ4n) is 1.68. The van der Waals surface area contributed by atoms with E-state index in [-0.39, 0.29) is 16.0 Å². The number of nitrogens with zero attached hydrogens (tertiary/aromatic N) is 1. The Balaban J connectivity index is 2.24. The van der Waals surface area contributed by atoms with E-state index in [0.29, 0.717) is 0 Å². The van der Waals surface area contributed by atoms with E-state index < -0.39 is 28.2 Å². The molecule has 0 spiro atoms. The predicted molar refractivity (Wildman–Crippen MR) is 71.5 cm³/mol. The molecule has 2 aromatic rings. The maximum Gasteiger partial charge on any atom is 0.240 e. The third-order valence-corrected chi connectivity index (χ3v) is 4.17. The molecule has 0 heterocycles. The molecular formula is C14H10F2N2O2S. The van der Waals surface area contributed by atoms with E-state index in [1.165, 1.54) is 30.3 Å². The molecule has 0 saturated heterocycles. The Morgan fingerprint density at radius 3 is 2.33 bits per heavy atom. The minimum atomic E-state index is -3.96. The zero-order valence-electron chi connectivity index (χ0n) is 10.7. The van der Waals surface area contributed by atoms with Crippen LogP contribution in [0.3, 0.4) is 0 Å². The van der Waals surface area contributed by atoms with Crippen molar-refractivity contribution in [3.63, 3.8) is 0 Å². The highest BCUT2D eigenvalue weighted by Crippen LogP contribution is 2.15. The third kappa shape index (κ3) is 3.42. The lowest BCUT2D eigenvalue weighted by atomic mass is 10.2. The lowest BCUT2D eigenvalue weighted by Crippen LogP contribution is -2.24. The van der Waals surface area contributed by atoms with E-state index in [1.54, 1.807) is 0 Å². The minimum Gasteiger partial charge on any atom is -0.207 e. The van der Waals surface area contributed by atoms with Crippen LogP contribution in [0.25, 0.3) is 0 Å². The molecule has 0 fully saturated rings. The van der Waals surface area contributed by atoms with Gasteiger partial charge in [0.25, 0.3) is 0 Å². The van der Waals surface area contributed by atoms with Crippen molar-refractivity contribution in [3.05, 3.63) is 65.2 Å². The van der Waals surface area contributed by atoms with Crippen molar-refractivity contribution in [3.8, 4) is 6.07 Å². The Kier molecular flexibility index (Phi) is 4.31. The summed E-state index contributed by atoms with van der Waals surface area (Å²) >= 11 is 0. The SMILES string of the molecule is N#Cc1cccc(S(=O)(=O)NCc2c(F)cccc2F)c1. The minimum absolute atomic E-state index is 0.140. The quantitative estimate of drug-likeness (QED) is 0.942. The zero-order chi connectivity index (χ0) is 15.5. The zero-order valence-corrected chi connectivity index (χ0v) is 11.5. The van der Waals surface area contributed by atoms with Gasteiger partial charge in [-0.3, -0.25) is 0 Å². The number of hydrogen-bond donors (Lipinski definition) is 1. The van der Waals surface area contributed by atoms with Gasteiger partial charge in [-0.25, -0.2) is 21.9 Å². The molecule has 0 unspecified atom stereocenters. The highest BCUT2D eigenvalue weighted by Gasteiger charge is 2.16. The summed E-state index contributed by atoms with van der Waals surface area (Å²) in [5, 5.41) is 8.74. The van der Waals surface area contributed by atoms with E-state index in [0.717, 1.165) is 12.1 Å². The van der Waals surface area contributed by atoms with Gasteiger partial charge in [0.2, 0.25) is 10.0 Å². The normalized spacial score (nSPS) is 11.1. The summed E-state index contributed by atoms with van der Waals surface area (Å²) in [7, 11) is -3.96. The lowest BCUT2D eigenvalue weighted by molar-refractivity contribution is 0.544. The molecule has 0 atom stereocenters. The Labute approximate surface area is 120 Å². The molecule has 0 aliphatic rings. The molecule has 0 radical (unpaired) electrons. The van der Waals surface area contributed by atoms with Crippen LogP contribution in [0.1, 0.15) is 11.1 Å². The topological polar surface area (TPSA) is 70.0 Å². The van der Waals surface area contributed by atoms with Crippen LogP contribution in [0.15, 0.2) is 47.4 Å². The van der Waals surface area contributed by atoms with Crippen molar-refractivity contribution in [2.75, 3.05) is 0 Å². The molecule has 1 N–H and O–H groups in total. The summed E-state index contributed by atoms with van der Waals surface area (Å²) in [5.74, 6) is -1.66. The molecule has 0 aromatic heterocycles. The van der Waals surface area contributed by atoms with E-state index in [9.17, 15) is 17.2 Å². The molecule has 2 aromatic carbocycles. The molecular weight excluding hydrogens is 298 g/mol. The fourth-order valence-corrected chi connectivity index (χ4v) is 2.73. The molecule has 21 heavy (non-hydrogen) atoms. The third-order valence-electron chi connectivity index (χ3n) is 2.77. The summed E-state index contributed by atoms with van der Waals surface area (Å²) in [4.78, 5) is -0.140. The average Bonchev–Trinajstić information content (AvgIpc) is 2.47. The van der Waals surface area contributed by atoms with Gasteiger partial charge in [0.15, 0.2) is 0 Å². The molecule has 4 nitrogen and oxygen atoms in total. The van der Waals surface area contributed by atoms with Crippen LogP contribution in [-0.4, -0.2) is 8.42 Å². The van der Waals surface area contributed by atoms with Crippen molar-refractivity contribution in [2.45, 2.75) is 11.4 Å². The largest absolute Gasteiger partial charge is 0.240 e. The Morgan fingerprint density at radius 2 is 1.71 bits per heavy atom. The number of rotatable bonds is 4. The molecule has 2 rings (SSSR count). The van der Waals surface area contributed by atoms with Gasteiger partial charge in [0.1, 0.15) is 11.6 Å². The van der Waals surface area contributed by atoms with Gasteiger partial charge in [-0.2, -0.15) is 5.26 Å². The maximum absolute atomic E-state index is 13.4. The van der Waals surface area contributed by atoms with Crippen molar-refractivity contribution in [1.29, 1.82) is 5.26 Å². The Morgan fingerprint density at radius 1 is 1.10 bits per heavy atom. The smallest absolute Gasteiger partial charge is 0.207 e. The average molecular weight is 308 g/mol. The van der Waals surface area contributed by atoms with Crippen LogP contribution in [-0.2, 0) is 16.6 Å². The summed E-state index contributed by atoms with van der Waals surface area (Å²) in [5.41, 5.74) is -0.188. The predicted octanol–water partition coefficient (Wildman–Crippen LogP) is 2.31. The molecule has 0 bridgehead atoms. The number of sulfonamides is 1. The molecule has 0 amide bonds. The van der Waals surface area contributed by atoms with Gasteiger partial charge in [-0.05, 0) is 30.3 Å². The Hall–Kier alpha value is -2.30. The molecule has 108 valence electrons. The summed E-state index contributed by atoms with van der Waals surface area (Å²) in [6.45, 7) is -0.516. The second kappa shape index (κ2) is 5.99. The van der Waals surface area contributed by atoms with Gasteiger partial charge < -0.3 is 0 Å². The van der Waals surface area contributed by atoms with E-state index in [4.69, 9.17) is 5.26 Å². The highest BCUT2D eigenvalue weighted by molar-refractivity contribution is 7.89. The molecule has 7 heteroatoms. The van der Waals surface area contributed by atoms with Gasteiger partial charge >= 0.3 is 0 Å². The molecule has 0 aliphatic heterocycles. The van der Waals surface area contributed by atoms with Crippen LogP contribution < -0.4 is 4.72 Å². The number of hydrogen-bond acceptors (Lipinski definition) is 3. The van der Waals surface area contributed by atoms with E-state index in [1.807, 2.05) is 6.07 Å². The number of nitriles is 1. The van der Waals surface area contributed by atoms with Crippen molar-refractivity contribution in [1.82, 2.24) is 4.72 Å². The first-order valence-corrected chi connectivity index (χ1v) is 7.35. The second-order valence-electron chi connectivity index (χ2n) is 4.16. The van der Waals surface area contributed by atoms with Crippen molar-refractivity contribution >= 4 is 10.0 Å². The highest BCUT2D eigenvalue weighted by atomic mass is 32.2. The van der Waals surface area contributed by atoms with Crippen LogP contribution in [0.4, 0.5) is 8.78 Å².